The van der Waals surface area contributed by atoms with Crippen LogP contribution in [0.4, 0.5) is 5.13 Å². The summed E-state index contributed by atoms with van der Waals surface area (Å²) in [7, 11) is 0. The third kappa shape index (κ3) is 7.31. The number of carboxylic acid groups (broad SMARTS) is 2. The molecule has 0 saturated carbocycles. The first-order chi connectivity index (χ1) is 26.7. The second kappa shape index (κ2) is 15.4. The van der Waals surface area contributed by atoms with Crippen LogP contribution in [0.15, 0.2) is 94.3 Å². The van der Waals surface area contributed by atoms with Crippen molar-refractivity contribution in [2.45, 2.75) is 55.4 Å². The van der Waals surface area contributed by atoms with E-state index in [1.54, 1.807) is 24.8 Å². The van der Waals surface area contributed by atoms with Crippen molar-refractivity contribution in [3.05, 3.63) is 94.8 Å². The number of carboxylic acids is 2. The largest absolute Gasteiger partial charge is 0.478 e. The van der Waals surface area contributed by atoms with Crippen LogP contribution in [0.2, 0.25) is 0 Å². The number of hydrogen-bond donors (Lipinski definition) is 5. The molecule has 7 rings (SSSR count). The molecule has 4 aliphatic rings. The summed E-state index contributed by atoms with van der Waals surface area (Å²) in [6.45, 7) is 2.98. The van der Waals surface area contributed by atoms with Crippen LogP contribution in [-0.4, -0.2) is 106 Å². The lowest BCUT2D eigenvalue weighted by molar-refractivity contribution is -0.689. The van der Waals surface area contributed by atoms with Gasteiger partial charge in [-0.2, -0.15) is 0 Å². The molecule has 7 heterocycles. The highest BCUT2D eigenvalue weighted by Crippen LogP contribution is 2.43. The van der Waals surface area contributed by atoms with E-state index in [0.29, 0.717) is 16.9 Å². The van der Waals surface area contributed by atoms with Gasteiger partial charge in [-0.25, -0.2) is 23.7 Å². The fraction of sp³-hybridized carbons (Fsp3) is 0.314. The number of carbonyl (C=O) groups excluding carboxylic acids is 4. The first-order valence-electron chi connectivity index (χ1n) is 17.0. The monoisotopic (exact) mass is 821 g/mol. The van der Waals surface area contributed by atoms with Gasteiger partial charge in [-0.1, -0.05) is 17.3 Å². The van der Waals surface area contributed by atoms with Crippen LogP contribution < -0.4 is 25.5 Å². The van der Waals surface area contributed by atoms with Crippen molar-refractivity contribution in [1.82, 2.24) is 25.4 Å². The van der Waals surface area contributed by atoms with Crippen molar-refractivity contribution in [3.8, 4) is 0 Å². The highest BCUT2D eigenvalue weighted by atomic mass is 32.2. The number of β-lactam (4-membered cyclic amide) rings is 2. The number of thiazole rings is 1. The van der Waals surface area contributed by atoms with Gasteiger partial charge in [0, 0.05) is 52.3 Å². The van der Waals surface area contributed by atoms with Gasteiger partial charge >= 0.3 is 11.9 Å². The average molecular weight is 822 g/mol. The lowest BCUT2D eigenvalue weighted by Gasteiger charge is -2.51. The maximum absolute atomic E-state index is 14.3. The SMILES string of the molecule is CC(C)(O/N=C(/C(=O)N[C@@H]1C(=O)N2C(C(=O)N[C@@H]3C(=O)N4C(C(=O)O)=C(C[n+]5ccccc5)CS[C@H]34)=C(C[n+]3ccccc3)CS[C@H]12)c1csc(N)n1)C(=O)O. The van der Waals surface area contributed by atoms with Gasteiger partial charge in [0.05, 0.1) is 0 Å². The molecule has 3 aromatic rings. The van der Waals surface area contributed by atoms with E-state index in [1.807, 2.05) is 45.5 Å². The number of nitrogen functional groups attached to an aromatic ring is 1. The molecule has 4 amide bonds. The average Bonchev–Trinajstić information content (AvgIpc) is 3.61. The zero-order chi connectivity index (χ0) is 39.9. The number of nitrogens with zero attached hydrogens (tertiary/aromatic N) is 6. The predicted octanol–water partition coefficient (Wildman–Crippen LogP) is -0.323. The minimum Gasteiger partial charge on any atom is -0.478 e. The van der Waals surface area contributed by atoms with E-state index in [-0.39, 0.29) is 41.1 Å². The Kier molecular flexibility index (Phi) is 10.6. The normalized spacial score (nSPS) is 22.1. The number of oxime groups is 1. The van der Waals surface area contributed by atoms with Gasteiger partial charge in [0.2, 0.25) is 5.60 Å². The van der Waals surface area contributed by atoms with Crippen LogP contribution >= 0.6 is 34.9 Å². The summed E-state index contributed by atoms with van der Waals surface area (Å²) in [6, 6.07) is 8.74. The molecule has 0 unspecified atom stereocenters. The number of anilines is 1. The summed E-state index contributed by atoms with van der Waals surface area (Å²) in [5, 5.41) is 29.0. The second-order valence-corrected chi connectivity index (χ2v) is 16.5. The Labute approximate surface area is 331 Å². The number of aliphatic carboxylic acids is 2. The molecule has 0 aliphatic carbocycles. The summed E-state index contributed by atoms with van der Waals surface area (Å²) < 4.78 is 3.65. The van der Waals surface area contributed by atoms with Gasteiger partial charge in [0.15, 0.2) is 48.7 Å². The number of carbonyl (C=O) groups is 6. The highest BCUT2D eigenvalue weighted by Gasteiger charge is 2.58. The Hall–Kier alpha value is -5.80. The van der Waals surface area contributed by atoms with Crippen molar-refractivity contribution in [2.75, 3.05) is 17.2 Å². The molecule has 0 spiro atoms. The fourth-order valence-electron chi connectivity index (χ4n) is 6.36. The minimum absolute atomic E-state index is 0.000109. The molecule has 3 aromatic heterocycles. The zero-order valence-electron chi connectivity index (χ0n) is 29.7. The van der Waals surface area contributed by atoms with Gasteiger partial charge in [-0.3, -0.25) is 29.0 Å². The van der Waals surface area contributed by atoms with E-state index < -0.39 is 69.7 Å². The molecule has 0 aromatic carbocycles. The van der Waals surface area contributed by atoms with Crippen molar-refractivity contribution < 1.29 is 53.0 Å². The molecule has 4 atom stereocenters. The van der Waals surface area contributed by atoms with Crippen LogP contribution in [0, 0.1) is 0 Å². The van der Waals surface area contributed by atoms with Crippen molar-refractivity contribution >= 4 is 81.3 Å². The Morgan fingerprint density at radius 1 is 0.875 bits per heavy atom. The van der Waals surface area contributed by atoms with E-state index in [4.69, 9.17) is 10.6 Å². The second-order valence-electron chi connectivity index (χ2n) is 13.4. The number of fused-ring (bicyclic) bond motifs is 2. The standard InChI is InChI=1S/C35H33N9O9S3/c1-35(2,33(51)52)53-40-21(20-17-56-34(36)37-20)26(45)38-22-28(47)43-24(18(15-54-30(22)43)13-41-9-5-3-6-10-41)27(46)39-23-29(48)44-25(32(49)50)19(16-55-31(23)44)14-42-11-7-4-8-12-42/h3-12,17,22-23,30-31H,13-16H2,1-2H3,(H4-2,36,37,38,39,45,46,49,50,51,52)/p+2/b40-21+/t22-,23-,30-,31-/m1/s1. The molecule has 21 heteroatoms. The molecule has 0 bridgehead atoms. The third-order valence-corrected chi connectivity index (χ3v) is 12.6. The van der Waals surface area contributed by atoms with Crippen molar-refractivity contribution in [2.24, 2.45) is 5.16 Å². The lowest BCUT2D eigenvalue weighted by Crippen LogP contribution is -2.74. The molecule has 56 heavy (non-hydrogen) atoms. The molecule has 6 N–H and O–H groups in total. The molecular weight excluding hydrogens is 787 g/mol. The van der Waals surface area contributed by atoms with Crippen molar-refractivity contribution in [1.29, 1.82) is 0 Å². The van der Waals surface area contributed by atoms with E-state index in [0.717, 1.165) is 11.3 Å². The Balaban J connectivity index is 1.12. The fourth-order valence-corrected chi connectivity index (χ4v) is 9.58. The van der Waals surface area contributed by atoms with E-state index in [1.165, 1.54) is 52.6 Å². The topological polar surface area (TPSA) is 242 Å². The van der Waals surface area contributed by atoms with Gasteiger partial charge < -0.3 is 31.4 Å². The van der Waals surface area contributed by atoms with Crippen LogP contribution in [0.25, 0.3) is 0 Å². The molecule has 2 fully saturated rings. The number of rotatable bonds is 13. The maximum atomic E-state index is 14.3. The van der Waals surface area contributed by atoms with Crippen LogP contribution in [0.1, 0.15) is 19.5 Å². The van der Waals surface area contributed by atoms with E-state index >= 15 is 0 Å². The van der Waals surface area contributed by atoms with Gasteiger partial charge in [0.1, 0.15) is 39.9 Å². The predicted molar refractivity (Wildman–Crippen MR) is 201 cm³/mol. The Morgan fingerprint density at radius 3 is 1.89 bits per heavy atom. The number of pyridine rings is 2. The van der Waals surface area contributed by atoms with Crippen LogP contribution in [-0.2, 0) is 46.7 Å². The smallest absolute Gasteiger partial charge is 0.352 e. The first-order valence-corrected chi connectivity index (χ1v) is 20.0. The molecule has 18 nitrogen and oxygen atoms in total. The lowest BCUT2D eigenvalue weighted by atomic mass is 9.99. The summed E-state index contributed by atoms with van der Waals surface area (Å²) in [5.41, 5.74) is 4.59. The van der Waals surface area contributed by atoms with E-state index in [9.17, 15) is 39.0 Å². The van der Waals surface area contributed by atoms with Gasteiger partial charge in [-0.15, -0.1) is 34.9 Å². The summed E-state index contributed by atoms with van der Waals surface area (Å²) in [6.07, 6.45) is 7.20. The van der Waals surface area contributed by atoms with E-state index in [2.05, 4.69) is 20.8 Å². The molecular formula is C35H35N9O9S3+2. The number of amides is 4. The summed E-state index contributed by atoms with van der Waals surface area (Å²) in [4.78, 5) is 91.2. The molecule has 2 saturated heterocycles. The zero-order valence-corrected chi connectivity index (χ0v) is 32.2. The summed E-state index contributed by atoms with van der Waals surface area (Å²) >= 11 is 3.66. The van der Waals surface area contributed by atoms with Crippen LogP contribution in [0.5, 0.6) is 0 Å². The van der Waals surface area contributed by atoms with Crippen LogP contribution in [0.3, 0.4) is 0 Å². The summed E-state index contributed by atoms with van der Waals surface area (Å²) in [5.74, 6) is -4.80. The Bertz CT molecular complexity index is 2230. The minimum atomic E-state index is -1.81. The molecule has 4 aliphatic heterocycles. The van der Waals surface area contributed by atoms with Gasteiger partial charge in [-0.05, 0) is 13.8 Å². The van der Waals surface area contributed by atoms with Gasteiger partial charge in [0.25, 0.3) is 23.6 Å². The number of aromatic nitrogens is 3. The number of nitrogens with one attached hydrogen (secondary N) is 2. The maximum Gasteiger partial charge on any atom is 0.352 e. The number of thioether (sulfide) groups is 2. The highest BCUT2D eigenvalue weighted by molar-refractivity contribution is 8.00. The quantitative estimate of drug-likeness (QED) is 0.0644. The number of nitrogens with two attached hydrogens (primary N) is 1. The molecule has 0 radical (unpaired) electrons. The Morgan fingerprint density at radius 2 is 1.39 bits per heavy atom. The molecule has 290 valence electrons. The number of hydrogen-bond acceptors (Lipinski definition) is 13. The third-order valence-electron chi connectivity index (χ3n) is 9.25. The first kappa shape index (κ1) is 38.5. The van der Waals surface area contributed by atoms with Crippen molar-refractivity contribution in [3.63, 3.8) is 0 Å².